The summed E-state index contributed by atoms with van der Waals surface area (Å²) in [7, 11) is 0. The summed E-state index contributed by atoms with van der Waals surface area (Å²) in [6, 6.07) is 0. The zero-order chi connectivity index (χ0) is 11.2. The van der Waals surface area contributed by atoms with Crippen molar-refractivity contribution in [3.63, 3.8) is 0 Å². The Morgan fingerprint density at radius 2 is 1.80 bits per heavy atom. The van der Waals surface area contributed by atoms with Gasteiger partial charge in [-0.05, 0) is 25.2 Å². The van der Waals surface area contributed by atoms with Gasteiger partial charge in [-0.25, -0.2) is 4.90 Å². The van der Waals surface area contributed by atoms with Crippen molar-refractivity contribution in [1.82, 2.24) is 4.90 Å². The number of amides is 3. The third-order valence-electron chi connectivity index (χ3n) is 3.50. The van der Waals surface area contributed by atoms with E-state index in [-0.39, 0.29) is 23.7 Å². The Kier molecular flexibility index (Phi) is 2.37. The second kappa shape index (κ2) is 3.43. The molecular weight excluding hydrogens is 194 g/mol. The van der Waals surface area contributed by atoms with Crippen LogP contribution in [0.5, 0.6) is 0 Å². The summed E-state index contributed by atoms with van der Waals surface area (Å²) in [6.07, 6.45) is 2.48. The minimum Gasteiger partial charge on any atom is -0.274 e. The van der Waals surface area contributed by atoms with Crippen molar-refractivity contribution < 1.29 is 14.4 Å². The monoisotopic (exact) mass is 209 g/mol. The first-order valence-corrected chi connectivity index (χ1v) is 5.40. The predicted octanol–water partition coefficient (Wildman–Crippen LogP) is 0.954. The molecule has 4 heteroatoms. The predicted molar refractivity (Wildman–Crippen MR) is 52.5 cm³/mol. The molecule has 0 aromatic heterocycles. The molecule has 2 rings (SSSR count). The number of likely N-dealkylation sites (tertiary alicyclic amines) is 1. The standard InChI is InChI=1S/C11H15NO3/c1-6-3-4-8-9(5-6)11(15)12(7(2)13)10(8)14/h6,8-9H,3-5H2,1-2H3. The molecule has 0 aromatic carbocycles. The molecule has 1 heterocycles. The van der Waals surface area contributed by atoms with E-state index < -0.39 is 5.91 Å². The summed E-state index contributed by atoms with van der Waals surface area (Å²) in [5.74, 6) is -0.960. The lowest BCUT2D eigenvalue weighted by atomic mass is 9.76. The summed E-state index contributed by atoms with van der Waals surface area (Å²) >= 11 is 0. The van der Waals surface area contributed by atoms with Gasteiger partial charge in [-0.1, -0.05) is 6.92 Å². The van der Waals surface area contributed by atoms with E-state index in [1.54, 1.807) is 0 Å². The smallest absolute Gasteiger partial charge is 0.239 e. The van der Waals surface area contributed by atoms with E-state index in [0.29, 0.717) is 5.92 Å². The summed E-state index contributed by atoms with van der Waals surface area (Å²) in [5, 5.41) is 0. The molecule has 3 amide bonds. The number of carbonyl (C=O) groups is 3. The second-order valence-electron chi connectivity index (χ2n) is 4.66. The van der Waals surface area contributed by atoms with Crippen LogP contribution in [0.1, 0.15) is 33.1 Å². The number of imide groups is 3. The van der Waals surface area contributed by atoms with Gasteiger partial charge in [0, 0.05) is 6.92 Å². The van der Waals surface area contributed by atoms with Gasteiger partial charge >= 0.3 is 0 Å². The maximum Gasteiger partial charge on any atom is 0.239 e. The number of hydrogen-bond acceptors (Lipinski definition) is 3. The Morgan fingerprint density at radius 3 is 2.40 bits per heavy atom. The lowest BCUT2D eigenvalue weighted by Gasteiger charge is -2.25. The van der Waals surface area contributed by atoms with Gasteiger partial charge in [-0.3, -0.25) is 14.4 Å². The molecule has 3 atom stereocenters. The van der Waals surface area contributed by atoms with Gasteiger partial charge in [0.2, 0.25) is 17.7 Å². The molecular formula is C11H15NO3. The van der Waals surface area contributed by atoms with E-state index in [0.717, 1.165) is 24.2 Å². The van der Waals surface area contributed by atoms with Crippen LogP contribution in [0.4, 0.5) is 0 Å². The van der Waals surface area contributed by atoms with Crippen LogP contribution in [0.15, 0.2) is 0 Å². The molecule has 0 N–H and O–H groups in total. The molecule has 15 heavy (non-hydrogen) atoms. The van der Waals surface area contributed by atoms with Gasteiger partial charge in [0.15, 0.2) is 0 Å². The summed E-state index contributed by atoms with van der Waals surface area (Å²) < 4.78 is 0. The molecule has 3 unspecified atom stereocenters. The maximum atomic E-state index is 11.8. The molecule has 1 saturated heterocycles. The lowest BCUT2D eigenvalue weighted by molar-refractivity contribution is -0.149. The SMILES string of the molecule is CC(=O)N1C(=O)C2CCC(C)CC2C1=O. The van der Waals surface area contributed by atoms with Crippen molar-refractivity contribution in [2.45, 2.75) is 33.1 Å². The highest BCUT2D eigenvalue weighted by atomic mass is 16.2. The van der Waals surface area contributed by atoms with E-state index in [2.05, 4.69) is 6.92 Å². The van der Waals surface area contributed by atoms with Crippen molar-refractivity contribution in [3.8, 4) is 0 Å². The fourth-order valence-corrected chi connectivity index (χ4v) is 2.70. The Morgan fingerprint density at radius 1 is 1.20 bits per heavy atom. The highest BCUT2D eigenvalue weighted by molar-refractivity contribution is 6.16. The Bertz CT molecular complexity index is 337. The third-order valence-corrected chi connectivity index (χ3v) is 3.50. The number of rotatable bonds is 0. The minimum atomic E-state index is -0.438. The normalized spacial score (nSPS) is 35.6. The number of carbonyl (C=O) groups excluding carboxylic acids is 3. The van der Waals surface area contributed by atoms with Crippen LogP contribution in [-0.4, -0.2) is 22.6 Å². The molecule has 2 aliphatic rings. The first-order chi connectivity index (χ1) is 7.02. The number of nitrogens with zero attached hydrogens (tertiary/aromatic N) is 1. The van der Waals surface area contributed by atoms with Crippen molar-refractivity contribution in [1.29, 1.82) is 0 Å². The number of hydrogen-bond donors (Lipinski definition) is 0. The van der Waals surface area contributed by atoms with Crippen LogP contribution in [0.2, 0.25) is 0 Å². The van der Waals surface area contributed by atoms with Gasteiger partial charge in [0.25, 0.3) is 0 Å². The average molecular weight is 209 g/mol. The van der Waals surface area contributed by atoms with E-state index in [1.165, 1.54) is 6.92 Å². The third kappa shape index (κ3) is 1.48. The van der Waals surface area contributed by atoms with Crippen LogP contribution < -0.4 is 0 Å². The summed E-state index contributed by atoms with van der Waals surface area (Å²) in [6.45, 7) is 3.36. The van der Waals surface area contributed by atoms with Crippen LogP contribution in [-0.2, 0) is 14.4 Å². The van der Waals surface area contributed by atoms with Crippen LogP contribution in [0.25, 0.3) is 0 Å². The van der Waals surface area contributed by atoms with Crippen molar-refractivity contribution in [3.05, 3.63) is 0 Å². The molecule has 1 aliphatic carbocycles. The molecule has 0 bridgehead atoms. The minimum absolute atomic E-state index is 0.224. The first kappa shape index (κ1) is 10.3. The van der Waals surface area contributed by atoms with Gasteiger partial charge in [-0.2, -0.15) is 0 Å². The first-order valence-electron chi connectivity index (χ1n) is 5.40. The zero-order valence-electron chi connectivity index (χ0n) is 9.03. The summed E-state index contributed by atoms with van der Waals surface area (Å²) in [4.78, 5) is 35.6. The largest absolute Gasteiger partial charge is 0.274 e. The molecule has 2 fully saturated rings. The molecule has 4 nitrogen and oxygen atoms in total. The Hall–Kier alpha value is -1.19. The van der Waals surface area contributed by atoms with Crippen molar-refractivity contribution >= 4 is 17.7 Å². The molecule has 1 aliphatic heterocycles. The maximum absolute atomic E-state index is 11.8. The second-order valence-corrected chi connectivity index (χ2v) is 4.66. The molecule has 0 spiro atoms. The summed E-state index contributed by atoms with van der Waals surface area (Å²) in [5.41, 5.74) is 0. The average Bonchev–Trinajstić information content (AvgIpc) is 2.39. The van der Waals surface area contributed by atoms with Gasteiger partial charge in [-0.15, -0.1) is 0 Å². The van der Waals surface area contributed by atoms with Crippen molar-refractivity contribution in [2.75, 3.05) is 0 Å². The highest BCUT2D eigenvalue weighted by Gasteiger charge is 2.50. The fraction of sp³-hybridized carbons (Fsp3) is 0.727. The fourth-order valence-electron chi connectivity index (χ4n) is 2.70. The Balaban J connectivity index is 2.27. The van der Waals surface area contributed by atoms with Crippen molar-refractivity contribution in [2.24, 2.45) is 17.8 Å². The van der Waals surface area contributed by atoms with Gasteiger partial charge in [0.05, 0.1) is 11.8 Å². The molecule has 1 saturated carbocycles. The van der Waals surface area contributed by atoms with E-state index in [1.807, 2.05) is 0 Å². The van der Waals surface area contributed by atoms with E-state index >= 15 is 0 Å². The van der Waals surface area contributed by atoms with Crippen LogP contribution in [0.3, 0.4) is 0 Å². The van der Waals surface area contributed by atoms with Crippen LogP contribution >= 0.6 is 0 Å². The van der Waals surface area contributed by atoms with Crippen LogP contribution in [0, 0.1) is 17.8 Å². The van der Waals surface area contributed by atoms with Gasteiger partial charge < -0.3 is 0 Å². The molecule has 82 valence electrons. The lowest BCUT2D eigenvalue weighted by Crippen LogP contribution is -2.35. The highest BCUT2D eigenvalue weighted by Crippen LogP contribution is 2.40. The topological polar surface area (TPSA) is 54.5 Å². The molecule has 0 aromatic rings. The number of fused-ring (bicyclic) bond motifs is 1. The van der Waals surface area contributed by atoms with Gasteiger partial charge in [0.1, 0.15) is 0 Å². The zero-order valence-corrected chi connectivity index (χ0v) is 9.03. The Labute approximate surface area is 88.6 Å². The van der Waals surface area contributed by atoms with E-state index in [9.17, 15) is 14.4 Å². The van der Waals surface area contributed by atoms with E-state index in [4.69, 9.17) is 0 Å². The molecule has 0 radical (unpaired) electrons. The quantitative estimate of drug-likeness (QED) is 0.558.